The largest absolute Gasteiger partial charge is 0.384 e. The summed E-state index contributed by atoms with van der Waals surface area (Å²) >= 11 is 0. The van der Waals surface area contributed by atoms with E-state index in [1.807, 2.05) is 31.3 Å². The van der Waals surface area contributed by atoms with Gasteiger partial charge in [0.2, 0.25) is 0 Å². The van der Waals surface area contributed by atoms with Crippen LogP contribution in [0.25, 0.3) is 22.4 Å². The number of pyridine rings is 3. The van der Waals surface area contributed by atoms with Crippen molar-refractivity contribution in [1.82, 2.24) is 24.5 Å². The highest BCUT2D eigenvalue weighted by molar-refractivity contribution is 5.77. The molecule has 5 rings (SSSR count). The Morgan fingerprint density at radius 1 is 1.04 bits per heavy atom. The average Bonchev–Trinajstić information content (AvgIpc) is 3.01. The number of anilines is 2. The normalized spacial score (nSPS) is 16.2. The van der Waals surface area contributed by atoms with E-state index < -0.39 is 0 Å². The summed E-state index contributed by atoms with van der Waals surface area (Å²) in [5.74, 6) is 1.72. The minimum atomic E-state index is 0.192. The Morgan fingerprint density at radius 2 is 1.86 bits per heavy atom. The number of nitrogens with two attached hydrogens (primary N) is 2. The number of imidazole rings is 1. The van der Waals surface area contributed by atoms with E-state index in [-0.39, 0.29) is 6.04 Å². The zero-order valence-corrected chi connectivity index (χ0v) is 15.6. The fraction of sp³-hybridized carbons (Fsp3) is 0.238. The van der Waals surface area contributed by atoms with Crippen molar-refractivity contribution < 1.29 is 0 Å². The average molecular weight is 371 g/mol. The predicted molar refractivity (Wildman–Crippen MR) is 110 cm³/mol. The minimum absolute atomic E-state index is 0.192. The van der Waals surface area contributed by atoms with Gasteiger partial charge in [0.1, 0.15) is 23.0 Å². The highest BCUT2D eigenvalue weighted by Gasteiger charge is 2.26. The molecule has 0 spiro atoms. The second kappa shape index (κ2) is 6.30. The smallest absolute Gasteiger partial charge is 0.161 e. The predicted octanol–water partition coefficient (Wildman–Crippen LogP) is 3.29. The minimum Gasteiger partial charge on any atom is -0.384 e. The fourth-order valence-electron chi connectivity index (χ4n) is 4.19. The van der Waals surface area contributed by atoms with Gasteiger partial charge in [-0.05, 0) is 62.1 Å². The van der Waals surface area contributed by atoms with Crippen molar-refractivity contribution in [3.05, 3.63) is 59.7 Å². The monoisotopic (exact) mass is 371 g/mol. The molecule has 0 bridgehead atoms. The van der Waals surface area contributed by atoms with E-state index in [9.17, 15) is 0 Å². The zero-order chi connectivity index (χ0) is 19.3. The first-order valence-electron chi connectivity index (χ1n) is 9.43. The highest BCUT2D eigenvalue weighted by atomic mass is 15.2. The van der Waals surface area contributed by atoms with E-state index in [0.717, 1.165) is 47.5 Å². The molecule has 0 saturated carbocycles. The molecule has 0 aliphatic heterocycles. The van der Waals surface area contributed by atoms with Crippen LogP contribution in [0.3, 0.4) is 0 Å². The van der Waals surface area contributed by atoms with Gasteiger partial charge in [-0.3, -0.25) is 4.98 Å². The van der Waals surface area contributed by atoms with Crippen LogP contribution in [0, 0.1) is 6.92 Å². The molecule has 0 amide bonds. The summed E-state index contributed by atoms with van der Waals surface area (Å²) in [5, 5.41) is 0. The van der Waals surface area contributed by atoms with Crippen molar-refractivity contribution >= 4 is 22.8 Å². The van der Waals surface area contributed by atoms with E-state index in [0.29, 0.717) is 11.6 Å². The molecule has 7 nitrogen and oxygen atoms in total. The van der Waals surface area contributed by atoms with Crippen LogP contribution in [-0.2, 0) is 6.42 Å². The number of aryl methyl sites for hydroxylation is 2. The van der Waals surface area contributed by atoms with Gasteiger partial charge in [0.05, 0.1) is 11.7 Å². The van der Waals surface area contributed by atoms with E-state index in [1.165, 1.54) is 11.3 Å². The lowest BCUT2D eigenvalue weighted by Gasteiger charge is -2.27. The topological polar surface area (TPSA) is 109 Å². The van der Waals surface area contributed by atoms with Gasteiger partial charge in [0, 0.05) is 17.5 Å². The molecule has 0 aromatic carbocycles. The van der Waals surface area contributed by atoms with E-state index in [2.05, 4.69) is 20.6 Å². The third kappa shape index (κ3) is 2.67. The van der Waals surface area contributed by atoms with Gasteiger partial charge in [-0.25, -0.2) is 15.0 Å². The molecule has 140 valence electrons. The molecule has 0 fully saturated rings. The number of rotatable bonds is 2. The molecule has 1 atom stereocenters. The first-order chi connectivity index (χ1) is 13.6. The lowest BCUT2D eigenvalue weighted by molar-refractivity contribution is 0.483. The maximum absolute atomic E-state index is 5.87. The number of hydrogen-bond donors (Lipinski definition) is 2. The Bertz CT molecular complexity index is 1170. The molecule has 4 aromatic rings. The van der Waals surface area contributed by atoms with Crippen LogP contribution in [0.4, 0.5) is 11.6 Å². The SMILES string of the molecule is Cc1nc2ccc(-c3cc(N)nc(N)c3)nc2n1C1CCCc2ncccc21. The molecule has 1 aliphatic carbocycles. The van der Waals surface area contributed by atoms with Crippen LogP contribution in [-0.4, -0.2) is 24.5 Å². The van der Waals surface area contributed by atoms with Crippen molar-refractivity contribution in [2.45, 2.75) is 32.2 Å². The molecule has 0 radical (unpaired) electrons. The van der Waals surface area contributed by atoms with E-state index in [1.54, 1.807) is 12.1 Å². The van der Waals surface area contributed by atoms with Crippen molar-refractivity contribution in [2.75, 3.05) is 11.5 Å². The molecule has 1 aliphatic rings. The summed E-state index contributed by atoms with van der Waals surface area (Å²) in [6.45, 7) is 2.04. The van der Waals surface area contributed by atoms with Gasteiger partial charge in [-0.2, -0.15) is 0 Å². The summed E-state index contributed by atoms with van der Waals surface area (Å²) in [4.78, 5) is 18.3. The van der Waals surface area contributed by atoms with Crippen LogP contribution in [0.1, 0.15) is 36.0 Å². The van der Waals surface area contributed by atoms with Crippen molar-refractivity contribution in [2.24, 2.45) is 0 Å². The number of nitrogen functional groups attached to an aromatic ring is 2. The van der Waals surface area contributed by atoms with Crippen LogP contribution in [0.5, 0.6) is 0 Å². The first kappa shape index (κ1) is 16.7. The molecule has 7 heteroatoms. The van der Waals surface area contributed by atoms with Crippen LogP contribution >= 0.6 is 0 Å². The van der Waals surface area contributed by atoms with Crippen molar-refractivity contribution in [1.29, 1.82) is 0 Å². The number of hydrogen-bond acceptors (Lipinski definition) is 6. The third-order valence-electron chi connectivity index (χ3n) is 5.36. The summed E-state index contributed by atoms with van der Waals surface area (Å²) < 4.78 is 2.24. The van der Waals surface area contributed by atoms with Gasteiger partial charge >= 0.3 is 0 Å². The standard InChI is InChI=1S/C21H21N7/c1-12-25-17-8-7-15(13-10-19(22)27-20(23)11-13)26-21(17)28(12)18-6-2-5-16-14(18)4-3-9-24-16/h3-4,7-11,18H,2,5-6H2,1H3,(H4,22,23,27). The second-order valence-corrected chi connectivity index (χ2v) is 7.22. The molecule has 4 heterocycles. The molecular formula is C21H21N7. The maximum atomic E-state index is 5.87. The Morgan fingerprint density at radius 3 is 2.68 bits per heavy atom. The fourth-order valence-corrected chi connectivity index (χ4v) is 4.19. The Hall–Kier alpha value is -3.48. The molecule has 4 aromatic heterocycles. The molecule has 0 saturated heterocycles. The number of nitrogens with zero attached hydrogens (tertiary/aromatic N) is 5. The Labute approximate surface area is 162 Å². The number of aromatic nitrogens is 5. The van der Waals surface area contributed by atoms with Gasteiger partial charge in [-0.15, -0.1) is 0 Å². The van der Waals surface area contributed by atoms with Crippen LogP contribution in [0.15, 0.2) is 42.6 Å². The first-order valence-corrected chi connectivity index (χ1v) is 9.43. The summed E-state index contributed by atoms with van der Waals surface area (Å²) in [5.41, 5.74) is 17.6. The van der Waals surface area contributed by atoms with Crippen molar-refractivity contribution in [3.63, 3.8) is 0 Å². The van der Waals surface area contributed by atoms with E-state index >= 15 is 0 Å². The van der Waals surface area contributed by atoms with Crippen LogP contribution in [0.2, 0.25) is 0 Å². The van der Waals surface area contributed by atoms with E-state index in [4.69, 9.17) is 21.4 Å². The zero-order valence-electron chi connectivity index (χ0n) is 15.6. The Kier molecular flexibility index (Phi) is 3.75. The number of fused-ring (bicyclic) bond motifs is 2. The Balaban J connectivity index is 1.69. The quantitative estimate of drug-likeness (QED) is 0.560. The molecule has 4 N–H and O–H groups in total. The molecule has 1 unspecified atom stereocenters. The van der Waals surface area contributed by atoms with Gasteiger partial charge in [0.25, 0.3) is 0 Å². The van der Waals surface area contributed by atoms with Gasteiger partial charge < -0.3 is 16.0 Å². The second-order valence-electron chi connectivity index (χ2n) is 7.22. The maximum Gasteiger partial charge on any atom is 0.161 e. The van der Waals surface area contributed by atoms with Crippen LogP contribution < -0.4 is 11.5 Å². The summed E-state index contributed by atoms with van der Waals surface area (Å²) in [6.07, 6.45) is 5.04. The third-order valence-corrected chi connectivity index (χ3v) is 5.36. The lowest BCUT2D eigenvalue weighted by atomic mass is 9.91. The van der Waals surface area contributed by atoms with Gasteiger partial charge in [0.15, 0.2) is 5.65 Å². The molecule has 28 heavy (non-hydrogen) atoms. The molecular weight excluding hydrogens is 350 g/mol. The summed E-state index contributed by atoms with van der Waals surface area (Å²) in [6, 6.07) is 11.9. The van der Waals surface area contributed by atoms with Gasteiger partial charge in [-0.1, -0.05) is 6.07 Å². The van der Waals surface area contributed by atoms with Crippen molar-refractivity contribution in [3.8, 4) is 11.3 Å². The lowest BCUT2D eigenvalue weighted by Crippen LogP contribution is -2.19. The summed E-state index contributed by atoms with van der Waals surface area (Å²) in [7, 11) is 0. The highest BCUT2D eigenvalue weighted by Crippen LogP contribution is 2.35.